The first-order chi connectivity index (χ1) is 15.4. The lowest BCUT2D eigenvalue weighted by atomic mass is 10.1. The summed E-state index contributed by atoms with van der Waals surface area (Å²) in [7, 11) is 5.71. The van der Waals surface area contributed by atoms with Gasteiger partial charge >= 0.3 is 0 Å². The number of likely N-dealkylation sites (N-methyl/N-ethyl adjacent to an activating group) is 1. The Morgan fingerprint density at radius 1 is 1.09 bits per heavy atom. The third kappa shape index (κ3) is 6.93. The molecule has 1 aromatic heterocycles. The van der Waals surface area contributed by atoms with Crippen LogP contribution in [0.3, 0.4) is 0 Å². The summed E-state index contributed by atoms with van der Waals surface area (Å²) in [6.45, 7) is 10.9. The van der Waals surface area contributed by atoms with Crippen molar-refractivity contribution in [2.24, 2.45) is 7.05 Å². The third-order valence-electron chi connectivity index (χ3n) is 6.20. The first-order valence-electron chi connectivity index (χ1n) is 11.4. The van der Waals surface area contributed by atoms with Crippen LogP contribution in [0, 0.1) is 0 Å². The number of hydrogen-bond donors (Lipinski definition) is 1. The Kier molecular flexibility index (Phi) is 8.92. The van der Waals surface area contributed by atoms with Gasteiger partial charge < -0.3 is 24.0 Å². The molecule has 1 atom stereocenters. The maximum atomic E-state index is 10.3. The quantitative estimate of drug-likeness (QED) is 0.566. The highest BCUT2D eigenvalue weighted by molar-refractivity contribution is 5.43. The summed E-state index contributed by atoms with van der Waals surface area (Å²) in [6, 6.07) is 6.47. The van der Waals surface area contributed by atoms with E-state index in [0.717, 1.165) is 45.1 Å². The molecular formula is C24H39N5O3. The molecule has 32 heavy (non-hydrogen) atoms. The van der Waals surface area contributed by atoms with Crippen LogP contribution in [0.2, 0.25) is 0 Å². The standard InChI is InChI=1S/C24H39N5O3/c1-19(2)27(4)16-21(30)18-32-22-7-6-20(14-23(22)31-5)15-28-10-12-29(13-11-28)17-24-25-8-9-26(24)3/h6-9,14,19,21,30H,10-13,15-18H2,1-5H3/t21-/m1/s1. The molecule has 1 aliphatic rings. The summed E-state index contributed by atoms with van der Waals surface area (Å²) in [5.41, 5.74) is 1.20. The van der Waals surface area contributed by atoms with Gasteiger partial charge in [0.05, 0.1) is 13.7 Å². The number of benzene rings is 1. The highest BCUT2D eigenvalue weighted by atomic mass is 16.5. The largest absolute Gasteiger partial charge is 0.493 e. The van der Waals surface area contributed by atoms with Crippen LogP contribution >= 0.6 is 0 Å². The molecule has 0 amide bonds. The molecule has 0 bridgehead atoms. The number of aromatic nitrogens is 2. The van der Waals surface area contributed by atoms with Gasteiger partial charge in [-0.2, -0.15) is 0 Å². The average Bonchev–Trinajstić information content (AvgIpc) is 3.18. The predicted molar refractivity (Wildman–Crippen MR) is 126 cm³/mol. The Labute approximate surface area is 192 Å². The fraction of sp³-hybridized carbons (Fsp3) is 0.625. The third-order valence-corrected chi connectivity index (χ3v) is 6.20. The van der Waals surface area contributed by atoms with Crippen LogP contribution in [-0.4, -0.2) is 95.0 Å². The minimum atomic E-state index is -0.547. The summed E-state index contributed by atoms with van der Waals surface area (Å²) < 4.78 is 13.5. The van der Waals surface area contributed by atoms with Crippen LogP contribution < -0.4 is 9.47 Å². The van der Waals surface area contributed by atoms with E-state index in [2.05, 4.69) is 44.2 Å². The van der Waals surface area contributed by atoms with Gasteiger partial charge in [0.1, 0.15) is 18.5 Å². The zero-order chi connectivity index (χ0) is 23.1. The summed E-state index contributed by atoms with van der Waals surface area (Å²) in [5, 5.41) is 10.3. The fourth-order valence-corrected chi connectivity index (χ4v) is 3.82. The predicted octanol–water partition coefficient (Wildman–Crippen LogP) is 1.83. The van der Waals surface area contributed by atoms with Crippen molar-refractivity contribution < 1.29 is 14.6 Å². The van der Waals surface area contributed by atoms with Gasteiger partial charge in [-0.05, 0) is 38.6 Å². The number of ether oxygens (including phenoxy) is 2. The van der Waals surface area contributed by atoms with E-state index in [9.17, 15) is 5.11 Å². The van der Waals surface area contributed by atoms with Crippen LogP contribution in [-0.2, 0) is 20.1 Å². The topological polar surface area (TPSA) is 66.2 Å². The van der Waals surface area contributed by atoms with Crippen molar-refractivity contribution in [1.82, 2.24) is 24.3 Å². The van der Waals surface area contributed by atoms with Crippen LogP contribution in [0.25, 0.3) is 0 Å². The van der Waals surface area contributed by atoms with E-state index in [4.69, 9.17) is 9.47 Å². The first kappa shape index (κ1) is 24.5. The molecule has 8 heteroatoms. The molecule has 8 nitrogen and oxygen atoms in total. The smallest absolute Gasteiger partial charge is 0.161 e. The Morgan fingerprint density at radius 3 is 2.38 bits per heavy atom. The number of piperazine rings is 1. The molecule has 1 saturated heterocycles. The molecule has 1 aliphatic heterocycles. The van der Waals surface area contributed by atoms with Crippen molar-refractivity contribution in [3.8, 4) is 11.5 Å². The number of rotatable bonds is 11. The Hall–Kier alpha value is -2.13. The van der Waals surface area contributed by atoms with E-state index in [1.54, 1.807) is 7.11 Å². The fourth-order valence-electron chi connectivity index (χ4n) is 3.82. The molecule has 0 radical (unpaired) electrons. The van der Waals surface area contributed by atoms with Crippen LogP contribution in [0.1, 0.15) is 25.2 Å². The molecule has 0 saturated carbocycles. The van der Waals surface area contributed by atoms with Crippen molar-refractivity contribution >= 4 is 0 Å². The van der Waals surface area contributed by atoms with E-state index in [0.29, 0.717) is 24.1 Å². The van der Waals surface area contributed by atoms with Crippen molar-refractivity contribution in [2.75, 3.05) is 53.5 Å². The van der Waals surface area contributed by atoms with E-state index in [1.165, 1.54) is 5.56 Å². The molecule has 1 N–H and O–H groups in total. The zero-order valence-corrected chi connectivity index (χ0v) is 20.2. The van der Waals surface area contributed by atoms with Gasteiger partial charge in [0, 0.05) is 64.8 Å². The van der Waals surface area contributed by atoms with E-state index in [-0.39, 0.29) is 6.61 Å². The zero-order valence-electron chi connectivity index (χ0n) is 20.2. The highest BCUT2D eigenvalue weighted by Gasteiger charge is 2.19. The molecule has 178 valence electrons. The van der Waals surface area contributed by atoms with Crippen molar-refractivity contribution in [1.29, 1.82) is 0 Å². The van der Waals surface area contributed by atoms with Crippen molar-refractivity contribution in [2.45, 2.75) is 39.1 Å². The van der Waals surface area contributed by atoms with Gasteiger partial charge in [0.15, 0.2) is 11.5 Å². The normalized spacial score (nSPS) is 16.6. The maximum Gasteiger partial charge on any atom is 0.161 e. The number of aliphatic hydroxyl groups excluding tert-OH is 1. The number of hydrogen-bond acceptors (Lipinski definition) is 7. The maximum absolute atomic E-state index is 10.3. The van der Waals surface area contributed by atoms with Gasteiger partial charge in [0.2, 0.25) is 0 Å². The van der Waals surface area contributed by atoms with E-state index in [1.807, 2.05) is 38.6 Å². The number of imidazole rings is 1. The molecule has 0 aliphatic carbocycles. The van der Waals surface area contributed by atoms with Gasteiger partial charge in [-0.15, -0.1) is 0 Å². The Morgan fingerprint density at radius 2 is 1.78 bits per heavy atom. The second kappa shape index (κ2) is 11.7. The Balaban J connectivity index is 1.48. The second-order valence-electron chi connectivity index (χ2n) is 8.99. The van der Waals surface area contributed by atoms with E-state index >= 15 is 0 Å². The molecule has 2 heterocycles. The lowest BCUT2D eigenvalue weighted by molar-refractivity contribution is 0.0668. The average molecular weight is 446 g/mol. The molecular weight excluding hydrogens is 406 g/mol. The lowest BCUT2D eigenvalue weighted by Gasteiger charge is -2.34. The molecule has 2 aromatic rings. The van der Waals surface area contributed by atoms with Crippen molar-refractivity contribution in [3.05, 3.63) is 42.0 Å². The van der Waals surface area contributed by atoms with Crippen LogP contribution in [0.4, 0.5) is 0 Å². The number of aryl methyl sites for hydroxylation is 1. The van der Waals surface area contributed by atoms with Crippen LogP contribution in [0.15, 0.2) is 30.6 Å². The van der Waals surface area contributed by atoms with E-state index < -0.39 is 6.10 Å². The van der Waals surface area contributed by atoms with Gasteiger partial charge in [-0.3, -0.25) is 9.80 Å². The molecule has 3 rings (SSSR count). The summed E-state index contributed by atoms with van der Waals surface area (Å²) >= 11 is 0. The Bertz CT molecular complexity index is 833. The molecule has 0 unspecified atom stereocenters. The second-order valence-corrected chi connectivity index (χ2v) is 8.99. The lowest BCUT2D eigenvalue weighted by Crippen LogP contribution is -2.45. The SMILES string of the molecule is COc1cc(CN2CCN(Cc3nccn3C)CC2)ccc1OC[C@H](O)CN(C)C(C)C. The number of aliphatic hydroxyl groups is 1. The first-order valence-corrected chi connectivity index (χ1v) is 11.4. The number of nitrogens with zero attached hydrogens (tertiary/aromatic N) is 5. The summed E-state index contributed by atoms with van der Waals surface area (Å²) in [4.78, 5) is 11.5. The molecule has 0 spiro atoms. The van der Waals surface area contributed by atoms with Gasteiger partial charge in [0.25, 0.3) is 0 Å². The van der Waals surface area contributed by atoms with Gasteiger partial charge in [-0.25, -0.2) is 4.98 Å². The molecule has 1 aromatic carbocycles. The summed E-state index contributed by atoms with van der Waals surface area (Å²) in [6.07, 6.45) is 3.31. The number of methoxy groups -OCH3 is 1. The minimum Gasteiger partial charge on any atom is -0.493 e. The minimum absolute atomic E-state index is 0.241. The molecule has 1 fully saturated rings. The van der Waals surface area contributed by atoms with Crippen molar-refractivity contribution in [3.63, 3.8) is 0 Å². The monoisotopic (exact) mass is 445 g/mol. The highest BCUT2D eigenvalue weighted by Crippen LogP contribution is 2.29. The van der Waals surface area contributed by atoms with Crippen LogP contribution in [0.5, 0.6) is 11.5 Å². The summed E-state index contributed by atoms with van der Waals surface area (Å²) in [5.74, 6) is 2.49. The van der Waals surface area contributed by atoms with Gasteiger partial charge in [-0.1, -0.05) is 6.07 Å².